The first-order chi connectivity index (χ1) is 11.6. The Labute approximate surface area is 145 Å². The number of hydrogen-bond acceptors (Lipinski definition) is 3. The second-order valence-corrected chi connectivity index (χ2v) is 7.31. The molecule has 1 aliphatic heterocycles. The van der Waals surface area contributed by atoms with E-state index in [0.717, 1.165) is 5.56 Å². The van der Waals surface area contributed by atoms with Gasteiger partial charge in [-0.25, -0.2) is 4.39 Å². The summed E-state index contributed by atoms with van der Waals surface area (Å²) < 4.78 is 15.9. The van der Waals surface area contributed by atoms with Crippen LogP contribution in [0.1, 0.15) is 48.8 Å². The van der Waals surface area contributed by atoms with E-state index in [9.17, 15) is 14.0 Å². The zero-order valence-corrected chi connectivity index (χ0v) is 14.7. The highest BCUT2D eigenvalue weighted by molar-refractivity contribution is 6.05. The molecule has 2 heterocycles. The largest absolute Gasteiger partial charge is 0.326 e. The first-order valence-electron chi connectivity index (χ1n) is 8.13. The van der Waals surface area contributed by atoms with Crippen LogP contribution < -0.4 is 10.6 Å². The van der Waals surface area contributed by atoms with Crippen molar-refractivity contribution < 1.29 is 14.0 Å². The van der Waals surface area contributed by atoms with Crippen molar-refractivity contribution in [3.8, 4) is 0 Å². The Morgan fingerprint density at radius 2 is 2.04 bits per heavy atom. The first-order valence-corrected chi connectivity index (χ1v) is 8.13. The van der Waals surface area contributed by atoms with E-state index >= 15 is 0 Å². The molecule has 0 bridgehead atoms. The number of carbonyl (C=O) groups excluding carboxylic acids is 2. The maximum Gasteiger partial charge on any atom is 0.259 e. The highest BCUT2D eigenvalue weighted by Crippen LogP contribution is 2.30. The van der Waals surface area contributed by atoms with Crippen molar-refractivity contribution in [2.24, 2.45) is 7.05 Å². The standard InChI is InChI=1S/C18H21FN4O2/c1-18(2,3)16-11(9-23(4)22-16)17(25)21-14-7-10-5-6-15(24)20-13(10)8-12(14)19/h7-9H,5-6H2,1-4H3,(H,20,24)(H,21,25). The third-order valence-electron chi connectivity index (χ3n) is 4.12. The molecule has 0 radical (unpaired) electrons. The molecule has 0 saturated carbocycles. The van der Waals surface area contributed by atoms with Crippen molar-refractivity contribution in [1.82, 2.24) is 9.78 Å². The summed E-state index contributed by atoms with van der Waals surface area (Å²) >= 11 is 0. The lowest BCUT2D eigenvalue weighted by atomic mass is 9.89. The van der Waals surface area contributed by atoms with E-state index < -0.39 is 11.7 Å². The molecule has 0 fully saturated rings. The number of hydrogen-bond donors (Lipinski definition) is 2. The Morgan fingerprint density at radius 3 is 2.72 bits per heavy atom. The van der Waals surface area contributed by atoms with Gasteiger partial charge in [0, 0.05) is 30.8 Å². The van der Waals surface area contributed by atoms with Gasteiger partial charge in [-0.05, 0) is 24.1 Å². The highest BCUT2D eigenvalue weighted by Gasteiger charge is 2.26. The van der Waals surface area contributed by atoms with E-state index in [-0.39, 0.29) is 17.0 Å². The van der Waals surface area contributed by atoms with Gasteiger partial charge in [0.1, 0.15) is 5.82 Å². The molecule has 3 rings (SSSR count). The van der Waals surface area contributed by atoms with E-state index in [1.165, 1.54) is 6.07 Å². The summed E-state index contributed by atoms with van der Waals surface area (Å²) in [6, 6.07) is 2.82. The SMILES string of the molecule is Cn1cc(C(=O)Nc2cc3c(cc2F)NC(=O)CC3)c(C(C)(C)C)n1. The number of rotatable bonds is 2. The molecule has 0 atom stereocenters. The fraction of sp³-hybridized carbons (Fsp3) is 0.389. The van der Waals surface area contributed by atoms with E-state index in [4.69, 9.17) is 0 Å². The van der Waals surface area contributed by atoms with Crippen LogP contribution in [-0.4, -0.2) is 21.6 Å². The molecule has 2 N–H and O–H groups in total. The van der Waals surface area contributed by atoms with Crippen molar-refractivity contribution >= 4 is 23.2 Å². The van der Waals surface area contributed by atoms with Crippen LogP contribution >= 0.6 is 0 Å². The van der Waals surface area contributed by atoms with Gasteiger partial charge < -0.3 is 10.6 Å². The molecule has 0 aliphatic carbocycles. The molecule has 2 aromatic rings. The fourth-order valence-corrected chi connectivity index (χ4v) is 2.90. The van der Waals surface area contributed by atoms with Crippen molar-refractivity contribution in [3.63, 3.8) is 0 Å². The maximum atomic E-state index is 14.3. The molecule has 25 heavy (non-hydrogen) atoms. The van der Waals surface area contributed by atoms with Crippen LogP contribution in [0.5, 0.6) is 0 Å². The number of halogens is 1. The molecule has 132 valence electrons. The maximum absolute atomic E-state index is 14.3. The van der Waals surface area contributed by atoms with Gasteiger partial charge in [-0.3, -0.25) is 14.3 Å². The quantitative estimate of drug-likeness (QED) is 0.879. The zero-order chi connectivity index (χ0) is 18.4. The predicted octanol–water partition coefficient (Wildman–Crippen LogP) is 2.99. The lowest BCUT2D eigenvalue weighted by Crippen LogP contribution is -2.22. The summed E-state index contributed by atoms with van der Waals surface area (Å²) in [5.41, 5.74) is 2.12. The normalized spacial score (nSPS) is 14.0. The van der Waals surface area contributed by atoms with Crippen molar-refractivity contribution in [2.75, 3.05) is 10.6 Å². The third-order valence-corrected chi connectivity index (χ3v) is 4.12. The van der Waals surface area contributed by atoms with Gasteiger partial charge in [0.2, 0.25) is 5.91 Å². The van der Waals surface area contributed by atoms with Gasteiger partial charge >= 0.3 is 0 Å². The van der Waals surface area contributed by atoms with Crippen molar-refractivity contribution in [2.45, 2.75) is 39.0 Å². The summed E-state index contributed by atoms with van der Waals surface area (Å²) in [5, 5.41) is 9.63. The van der Waals surface area contributed by atoms with E-state index in [0.29, 0.717) is 29.8 Å². The molecule has 0 unspecified atom stereocenters. The predicted molar refractivity (Wildman–Crippen MR) is 93.2 cm³/mol. The number of aryl methyl sites for hydroxylation is 2. The minimum absolute atomic E-state index is 0.101. The van der Waals surface area contributed by atoms with Crippen LogP contribution in [0.3, 0.4) is 0 Å². The second-order valence-electron chi connectivity index (χ2n) is 7.31. The number of anilines is 2. The van der Waals surface area contributed by atoms with Gasteiger partial charge in [0.15, 0.2) is 0 Å². The third kappa shape index (κ3) is 3.40. The molecule has 1 aromatic carbocycles. The van der Waals surface area contributed by atoms with Gasteiger partial charge in [0.25, 0.3) is 5.91 Å². The summed E-state index contributed by atoms with van der Waals surface area (Å²) in [6.45, 7) is 5.90. The van der Waals surface area contributed by atoms with Crippen molar-refractivity contribution in [1.29, 1.82) is 0 Å². The van der Waals surface area contributed by atoms with Gasteiger partial charge in [-0.15, -0.1) is 0 Å². The molecule has 7 heteroatoms. The lowest BCUT2D eigenvalue weighted by molar-refractivity contribution is -0.116. The summed E-state index contributed by atoms with van der Waals surface area (Å²) in [5.74, 6) is -1.12. The average molecular weight is 344 g/mol. The Bertz CT molecular complexity index is 865. The van der Waals surface area contributed by atoms with E-state index in [2.05, 4.69) is 15.7 Å². The van der Waals surface area contributed by atoms with Crippen LogP contribution in [0, 0.1) is 5.82 Å². The highest BCUT2D eigenvalue weighted by atomic mass is 19.1. The van der Waals surface area contributed by atoms with Crippen LogP contribution in [0.25, 0.3) is 0 Å². The van der Waals surface area contributed by atoms with Crippen molar-refractivity contribution in [3.05, 3.63) is 41.0 Å². The zero-order valence-electron chi connectivity index (χ0n) is 14.7. The molecular formula is C18H21FN4O2. The Morgan fingerprint density at radius 1 is 1.32 bits per heavy atom. The Hall–Kier alpha value is -2.70. The molecule has 2 amide bonds. The summed E-state index contributed by atoms with van der Waals surface area (Å²) in [7, 11) is 1.74. The van der Waals surface area contributed by atoms with Gasteiger partial charge in [-0.1, -0.05) is 20.8 Å². The molecule has 0 saturated heterocycles. The number of fused-ring (bicyclic) bond motifs is 1. The number of benzene rings is 1. The van der Waals surface area contributed by atoms with Gasteiger partial charge in [-0.2, -0.15) is 5.10 Å². The minimum atomic E-state index is -0.588. The number of nitrogens with zero attached hydrogens (tertiary/aromatic N) is 2. The number of nitrogens with one attached hydrogen (secondary N) is 2. The Kier molecular flexibility index (Phi) is 4.10. The minimum Gasteiger partial charge on any atom is -0.326 e. The summed E-state index contributed by atoms with van der Waals surface area (Å²) in [6.07, 6.45) is 2.50. The number of carbonyl (C=O) groups is 2. The monoisotopic (exact) mass is 344 g/mol. The summed E-state index contributed by atoms with van der Waals surface area (Å²) in [4.78, 5) is 24.1. The first kappa shape index (κ1) is 17.1. The van der Waals surface area contributed by atoms with Crippen LogP contribution in [-0.2, 0) is 23.7 Å². The fourth-order valence-electron chi connectivity index (χ4n) is 2.90. The molecule has 1 aliphatic rings. The Balaban J connectivity index is 1.91. The van der Waals surface area contributed by atoms with E-state index in [1.807, 2.05) is 20.8 Å². The molecule has 0 spiro atoms. The average Bonchev–Trinajstić information content (AvgIpc) is 2.90. The van der Waals surface area contributed by atoms with Crippen LogP contribution in [0.15, 0.2) is 18.3 Å². The second kappa shape index (κ2) is 5.98. The number of amides is 2. The lowest BCUT2D eigenvalue weighted by Gasteiger charge is -2.19. The van der Waals surface area contributed by atoms with Crippen LogP contribution in [0.2, 0.25) is 0 Å². The van der Waals surface area contributed by atoms with Crippen LogP contribution in [0.4, 0.5) is 15.8 Å². The van der Waals surface area contributed by atoms with Gasteiger partial charge in [0.05, 0.1) is 16.9 Å². The number of aromatic nitrogens is 2. The topological polar surface area (TPSA) is 76.0 Å². The molecule has 1 aromatic heterocycles. The smallest absolute Gasteiger partial charge is 0.259 e. The molecular weight excluding hydrogens is 323 g/mol. The molecule has 6 nitrogen and oxygen atoms in total. The van der Waals surface area contributed by atoms with E-state index in [1.54, 1.807) is 24.0 Å².